The van der Waals surface area contributed by atoms with Crippen LogP contribution in [0.25, 0.3) is 0 Å². The van der Waals surface area contributed by atoms with Crippen LogP contribution in [-0.2, 0) is 16.0 Å². The van der Waals surface area contributed by atoms with Crippen LogP contribution in [0.3, 0.4) is 0 Å². The monoisotopic (exact) mass is 382 g/mol. The van der Waals surface area contributed by atoms with Crippen LogP contribution in [-0.4, -0.2) is 38.6 Å². The number of ether oxygens (including phenoxy) is 2. The van der Waals surface area contributed by atoms with Crippen LogP contribution in [0.2, 0.25) is 0 Å². The van der Waals surface area contributed by atoms with Crippen molar-refractivity contribution in [3.63, 3.8) is 0 Å². The van der Waals surface area contributed by atoms with Crippen LogP contribution < -0.4 is 19.7 Å². The number of hydrogen-bond donors (Lipinski definition) is 1. The lowest BCUT2D eigenvalue weighted by molar-refractivity contribution is -0.123. The van der Waals surface area contributed by atoms with Gasteiger partial charge in [-0.1, -0.05) is 17.7 Å². The van der Waals surface area contributed by atoms with E-state index in [2.05, 4.69) is 11.4 Å². The summed E-state index contributed by atoms with van der Waals surface area (Å²) in [6.07, 6.45) is 2.19. The number of benzene rings is 2. The number of aryl methyl sites for hydroxylation is 1. The molecule has 0 aliphatic carbocycles. The summed E-state index contributed by atoms with van der Waals surface area (Å²) in [5, 5.41) is 2.86. The summed E-state index contributed by atoms with van der Waals surface area (Å²) in [5.74, 6) is 1.40. The average Bonchev–Trinajstić information content (AvgIpc) is 3.13. The lowest BCUT2D eigenvalue weighted by Gasteiger charge is -2.16. The maximum absolute atomic E-state index is 12.0. The molecule has 0 aromatic heterocycles. The molecule has 1 aliphatic rings. The molecule has 1 saturated heterocycles. The summed E-state index contributed by atoms with van der Waals surface area (Å²) in [4.78, 5) is 25.6. The van der Waals surface area contributed by atoms with Gasteiger partial charge in [0.15, 0.2) is 6.61 Å². The predicted molar refractivity (Wildman–Crippen MR) is 108 cm³/mol. The van der Waals surface area contributed by atoms with Gasteiger partial charge in [0.1, 0.15) is 11.5 Å². The molecular weight excluding hydrogens is 356 g/mol. The quantitative estimate of drug-likeness (QED) is 0.762. The number of methoxy groups -OCH3 is 1. The van der Waals surface area contributed by atoms with Crippen molar-refractivity contribution in [3.05, 3.63) is 53.6 Å². The Labute approximate surface area is 165 Å². The first-order valence-corrected chi connectivity index (χ1v) is 9.50. The minimum Gasteiger partial charge on any atom is -0.496 e. The Hall–Kier alpha value is -3.02. The van der Waals surface area contributed by atoms with Gasteiger partial charge in [0.25, 0.3) is 5.91 Å². The van der Waals surface area contributed by atoms with E-state index in [9.17, 15) is 9.59 Å². The predicted octanol–water partition coefficient (Wildman–Crippen LogP) is 2.87. The number of rotatable bonds is 8. The summed E-state index contributed by atoms with van der Waals surface area (Å²) < 4.78 is 10.9. The van der Waals surface area contributed by atoms with Gasteiger partial charge in [0, 0.05) is 25.2 Å². The van der Waals surface area contributed by atoms with E-state index in [0.29, 0.717) is 25.1 Å². The molecule has 6 nitrogen and oxygen atoms in total. The second kappa shape index (κ2) is 9.26. The first-order chi connectivity index (χ1) is 13.6. The lowest BCUT2D eigenvalue weighted by Crippen LogP contribution is -2.30. The highest BCUT2D eigenvalue weighted by Crippen LogP contribution is 2.24. The molecule has 0 unspecified atom stereocenters. The van der Waals surface area contributed by atoms with E-state index in [1.54, 1.807) is 24.1 Å². The molecule has 0 atom stereocenters. The van der Waals surface area contributed by atoms with Gasteiger partial charge in [-0.3, -0.25) is 9.59 Å². The van der Waals surface area contributed by atoms with E-state index >= 15 is 0 Å². The Morgan fingerprint density at radius 2 is 1.96 bits per heavy atom. The first-order valence-electron chi connectivity index (χ1n) is 9.50. The largest absolute Gasteiger partial charge is 0.496 e. The highest BCUT2D eigenvalue weighted by Gasteiger charge is 2.21. The van der Waals surface area contributed by atoms with Gasteiger partial charge >= 0.3 is 0 Å². The lowest BCUT2D eigenvalue weighted by atomic mass is 10.1. The highest BCUT2D eigenvalue weighted by molar-refractivity contribution is 5.95. The normalized spacial score (nSPS) is 13.5. The highest BCUT2D eigenvalue weighted by atomic mass is 16.5. The van der Waals surface area contributed by atoms with E-state index in [4.69, 9.17) is 9.47 Å². The minimum atomic E-state index is -0.176. The van der Waals surface area contributed by atoms with Crippen LogP contribution in [0.1, 0.15) is 24.0 Å². The Morgan fingerprint density at radius 1 is 1.18 bits per heavy atom. The van der Waals surface area contributed by atoms with Crippen LogP contribution in [0.15, 0.2) is 42.5 Å². The molecular formula is C22H26N2O4. The first kappa shape index (κ1) is 19.7. The average molecular weight is 382 g/mol. The third-order valence-electron chi connectivity index (χ3n) is 4.74. The van der Waals surface area contributed by atoms with Crippen LogP contribution >= 0.6 is 0 Å². The van der Waals surface area contributed by atoms with Gasteiger partial charge in [-0.25, -0.2) is 0 Å². The molecule has 0 radical (unpaired) electrons. The van der Waals surface area contributed by atoms with Crippen LogP contribution in [0, 0.1) is 6.92 Å². The smallest absolute Gasteiger partial charge is 0.257 e. The fourth-order valence-electron chi connectivity index (χ4n) is 3.28. The number of amides is 2. The van der Waals surface area contributed by atoms with Gasteiger partial charge in [0.05, 0.1) is 7.11 Å². The number of carbonyl (C=O) groups excluding carboxylic acids is 2. The topological polar surface area (TPSA) is 67.9 Å². The molecule has 0 bridgehead atoms. The SMILES string of the molecule is COc1ccc(C)cc1CCNC(=O)COc1ccc(N2CCCC2=O)cc1. The van der Waals surface area contributed by atoms with E-state index in [1.165, 1.54) is 0 Å². The maximum Gasteiger partial charge on any atom is 0.257 e. The number of anilines is 1. The zero-order chi connectivity index (χ0) is 19.9. The molecule has 148 valence electrons. The molecule has 28 heavy (non-hydrogen) atoms. The number of nitrogens with one attached hydrogen (secondary N) is 1. The van der Waals surface area contributed by atoms with Gasteiger partial charge in [-0.2, -0.15) is 0 Å². The molecule has 1 fully saturated rings. The summed E-state index contributed by atoms with van der Waals surface area (Å²) in [5.41, 5.74) is 3.09. The van der Waals surface area contributed by atoms with Crippen molar-refractivity contribution >= 4 is 17.5 Å². The molecule has 1 heterocycles. The van der Waals surface area contributed by atoms with Crippen molar-refractivity contribution < 1.29 is 19.1 Å². The molecule has 1 aliphatic heterocycles. The summed E-state index contributed by atoms with van der Waals surface area (Å²) in [7, 11) is 1.64. The van der Waals surface area contributed by atoms with Crippen molar-refractivity contribution in [2.24, 2.45) is 0 Å². The van der Waals surface area contributed by atoms with E-state index < -0.39 is 0 Å². The fraction of sp³-hybridized carbons (Fsp3) is 0.364. The van der Waals surface area contributed by atoms with Crippen molar-refractivity contribution in [3.8, 4) is 11.5 Å². The zero-order valence-corrected chi connectivity index (χ0v) is 16.4. The van der Waals surface area contributed by atoms with E-state index in [1.807, 2.05) is 31.2 Å². The summed E-state index contributed by atoms with van der Waals surface area (Å²) >= 11 is 0. The van der Waals surface area contributed by atoms with Crippen molar-refractivity contribution in [1.29, 1.82) is 0 Å². The molecule has 0 saturated carbocycles. The number of carbonyl (C=O) groups is 2. The standard InChI is InChI=1S/C22H26N2O4/c1-16-5-10-20(27-2)17(14-16)11-12-23-21(25)15-28-19-8-6-18(7-9-19)24-13-3-4-22(24)26/h5-10,14H,3-4,11-13,15H2,1-2H3,(H,23,25). The Morgan fingerprint density at radius 3 is 2.64 bits per heavy atom. The second-order valence-electron chi connectivity index (χ2n) is 6.85. The summed E-state index contributed by atoms with van der Waals surface area (Å²) in [6, 6.07) is 13.3. The van der Waals surface area contributed by atoms with Gasteiger partial charge in [0.2, 0.25) is 5.91 Å². The van der Waals surface area contributed by atoms with Crippen LogP contribution in [0.4, 0.5) is 5.69 Å². The summed E-state index contributed by atoms with van der Waals surface area (Å²) in [6.45, 7) is 3.25. The fourth-order valence-corrected chi connectivity index (χ4v) is 3.28. The molecule has 3 rings (SSSR count). The van der Waals surface area contributed by atoms with Crippen molar-refractivity contribution in [2.75, 3.05) is 31.7 Å². The third-order valence-corrected chi connectivity index (χ3v) is 4.74. The van der Waals surface area contributed by atoms with E-state index in [0.717, 1.165) is 35.5 Å². The molecule has 6 heteroatoms. The third kappa shape index (κ3) is 5.03. The molecule has 2 amide bonds. The van der Waals surface area contributed by atoms with Gasteiger partial charge < -0.3 is 19.7 Å². The van der Waals surface area contributed by atoms with Gasteiger partial charge in [-0.05, 0) is 55.7 Å². The van der Waals surface area contributed by atoms with Gasteiger partial charge in [-0.15, -0.1) is 0 Å². The zero-order valence-electron chi connectivity index (χ0n) is 16.4. The number of nitrogens with zero attached hydrogens (tertiary/aromatic N) is 1. The molecule has 1 N–H and O–H groups in total. The van der Waals surface area contributed by atoms with Crippen molar-refractivity contribution in [1.82, 2.24) is 5.32 Å². The molecule has 2 aromatic rings. The minimum absolute atomic E-state index is 0.0487. The maximum atomic E-state index is 12.0. The number of hydrogen-bond acceptors (Lipinski definition) is 4. The van der Waals surface area contributed by atoms with E-state index in [-0.39, 0.29) is 18.4 Å². The Kier molecular flexibility index (Phi) is 6.53. The molecule has 2 aromatic carbocycles. The molecule has 0 spiro atoms. The second-order valence-corrected chi connectivity index (χ2v) is 6.85. The Bertz CT molecular complexity index is 833. The van der Waals surface area contributed by atoms with Crippen molar-refractivity contribution in [2.45, 2.75) is 26.2 Å². The Balaban J connectivity index is 1.43. The van der Waals surface area contributed by atoms with Crippen LogP contribution in [0.5, 0.6) is 11.5 Å².